The van der Waals surface area contributed by atoms with Crippen LogP contribution in [0.1, 0.15) is 71.6 Å². The van der Waals surface area contributed by atoms with Crippen LogP contribution in [0.4, 0.5) is 0 Å². The lowest BCUT2D eigenvalue weighted by Gasteiger charge is -2.37. The number of carbonyl (C=O) groups excluding carboxylic acids is 2. The average molecular weight is 305 g/mol. The number of ether oxygens (including phenoxy) is 1. The molecule has 3 rings (SSSR count). The second-order valence-corrected chi connectivity index (χ2v) is 7.37. The molecule has 1 amide bonds. The molecule has 1 N–H and O–H groups in total. The van der Waals surface area contributed by atoms with Crippen molar-refractivity contribution in [2.24, 2.45) is 5.92 Å². The lowest BCUT2D eigenvalue weighted by atomic mass is 9.75. The number of rotatable bonds is 2. The minimum Gasteiger partial charge on any atom is -0.451 e. The second kappa shape index (κ2) is 6.05. The molecule has 4 heteroatoms. The summed E-state index contributed by atoms with van der Waals surface area (Å²) < 4.78 is 5.70. The number of esters is 1. The number of nitrogens with one attached hydrogen (secondary N) is 1. The van der Waals surface area contributed by atoms with E-state index < -0.39 is 5.60 Å². The molecule has 0 saturated heterocycles. The highest BCUT2D eigenvalue weighted by Gasteiger charge is 2.50. The lowest BCUT2D eigenvalue weighted by molar-refractivity contribution is -0.150. The summed E-state index contributed by atoms with van der Waals surface area (Å²) >= 11 is 0. The summed E-state index contributed by atoms with van der Waals surface area (Å²) in [6.45, 7) is 3.97. The smallest absolute Gasteiger partial charge is 0.335 e. The third-order valence-corrected chi connectivity index (χ3v) is 5.67. The maximum atomic E-state index is 12.8. The quantitative estimate of drug-likeness (QED) is 0.797. The molecule has 1 heterocycles. The Kier molecular flexibility index (Phi) is 4.28. The largest absolute Gasteiger partial charge is 0.451 e. The van der Waals surface area contributed by atoms with Crippen LogP contribution >= 0.6 is 0 Å². The summed E-state index contributed by atoms with van der Waals surface area (Å²) in [5, 5.41) is 3.17. The van der Waals surface area contributed by atoms with Crippen LogP contribution in [0.15, 0.2) is 11.1 Å². The molecule has 0 atom stereocenters. The van der Waals surface area contributed by atoms with Crippen molar-refractivity contribution in [3.63, 3.8) is 0 Å². The highest BCUT2D eigenvalue weighted by molar-refractivity contribution is 6.07. The zero-order chi connectivity index (χ0) is 15.7. The number of carbonyl (C=O) groups is 2. The van der Waals surface area contributed by atoms with Gasteiger partial charge in [0.1, 0.15) is 5.60 Å². The molecule has 0 aromatic heterocycles. The minimum absolute atomic E-state index is 0.0650. The van der Waals surface area contributed by atoms with Gasteiger partial charge in [0, 0.05) is 11.6 Å². The Bertz CT molecular complexity index is 494. The Labute approximate surface area is 132 Å². The molecule has 3 aliphatic rings. The fraction of sp³-hybridized carbons (Fsp3) is 0.778. The Morgan fingerprint density at radius 3 is 2.41 bits per heavy atom. The van der Waals surface area contributed by atoms with Gasteiger partial charge in [-0.25, -0.2) is 4.79 Å². The van der Waals surface area contributed by atoms with Crippen LogP contribution in [-0.2, 0) is 14.3 Å². The van der Waals surface area contributed by atoms with Crippen LogP contribution in [0.5, 0.6) is 0 Å². The van der Waals surface area contributed by atoms with Gasteiger partial charge in [0.15, 0.2) is 0 Å². The van der Waals surface area contributed by atoms with E-state index in [-0.39, 0.29) is 17.9 Å². The number of hydrogen-bond donors (Lipinski definition) is 1. The zero-order valence-corrected chi connectivity index (χ0v) is 13.7. The summed E-state index contributed by atoms with van der Waals surface area (Å²) in [4.78, 5) is 24.9. The third-order valence-electron chi connectivity index (χ3n) is 5.67. The third kappa shape index (κ3) is 2.80. The molecule has 0 bridgehead atoms. The molecule has 2 fully saturated rings. The van der Waals surface area contributed by atoms with E-state index in [1.807, 2.05) is 0 Å². The standard InChI is InChI=1S/C18H27NO3/c1-12-8-10-18(11-9-12)15(13(2)17(21)22-18)16(20)19-14-6-4-3-5-7-14/h12,14H,3-11H2,1-2H3,(H,19,20). The van der Waals surface area contributed by atoms with Crippen LogP contribution < -0.4 is 5.32 Å². The van der Waals surface area contributed by atoms with Crippen molar-refractivity contribution in [1.29, 1.82) is 0 Å². The van der Waals surface area contributed by atoms with Gasteiger partial charge in [-0.1, -0.05) is 26.2 Å². The first-order valence-corrected chi connectivity index (χ1v) is 8.77. The van der Waals surface area contributed by atoms with E-state index >= 15 is 0 Å². The van der Waals surface area contributed by atoms with E-state index in [1.54, 1.807) is 6.92 Å². The van der Waals surface area contributed by atoms with Crippen LogP contribution in [0.25, 0.3) is 0 Å². The van der Waals surface area contributed by atoms with Gasteiger partial charge in [0.2, 0.25) is 0 Å². The number of amides is 1. The average Bonchev–Trinajstić information content (AvgIpc) is 2.75. The SMILES string of the molecule is CC1=C(C(=O)NC2CCCCC2)C2(CCC(C)CC2)OC1=O. The fourth-order valence-corrected chi connectivity index (χ4v) is 4.21. The first-order chi connectivity index (χ1) is 10.5. The molecule has 2 aliphatic carbocycles. The Morgan fingerprint density at radius 1 is 1.14 bits per heavy atom. The molecule has 4 nitrogen and oxygen atoms in total. The maximum Gasteiger partial charge on any atom is 0.335 e. The van der Waals surface area contributed by atoms with Gasteiger partial charge in [-0.3, -0.25) is 4.79 Å². The predicted molar refractivity (Wildman–Crippen MR) is 84.2 cm³/mol. The van der Waals surface area contributed by atoms with E-state index in [2.05, 4.69) is 12.2 Å². The molecule has 1 spiro atoms. The van der Waals surface area contributed by atoms with Gasteiger partial charge in [-0.2, -0.15) is 0 Å². The van der Waals surface area contributed by atoms with E-state index in [0.717, 1.165) is 38.5 Å². The molecule has 122 valence electrons. The van der Waals surface area contributed by atoms with Crippen molar-refractivity contribution in [1.82, 2.24) is 5.32 Å². The van der Waals surface area contributed by atoms with E-state index in [9.17, 15) is 9.59 Å². The predicted octanol–water partition coefficient (Wildman–Crippen LogP) is 3.26. The molecular formula is C18H27NO3. The Balaban J connectivity index is 1.78. The first kappa shape index (κ1) is 15.6. The highest BCUT2D eigenvalue weighted by Crippen LogP contribution is 2.45. The fourth-order valence-electron chi connectivity index (χ4n) is 4.21. The summed E-state index contributed by atoms with van der Waals surface area (Å²) in [6.07, 6.45) is 9.32. The van der Waals surface area contributed by atoms with Crippen molar-refractivity contribution >= 4 is 11.9 Å². The van der Waals surface area contributed by atoms with Gasteiger partial charge in [0.05, 0.1) is 5.57 Å². The lowest BCUT2D eigenvalue weighted by Crippen LogP contribution is -2.45. The summed E-state index contributed by atoms with van der Waals surface area (Å²) in [5.41, 5.74) is 0.490. The van der Waals surface area contributed by atoms with Gasteiger partial charge < -0.3 is 10.1 Å². The highest BCUT2D eigenvalue weighted by atomic mass is 16.6. The van der Waals surface area contributed by atoms with Gasteiger partial charge in [-0.05, 0) is 51.4 Å². The van der Waals surface area contributed by atoms with Gasteiger partial charge in [-0.15, -0.1) is 0 Å². The minimum atomic E-state index is -0.646. The van der Waals surface area contributed by atoms with Crippen molar-refractivity contribution in [3.05, 3.63) is 11.1 Å². The Morgan fingerprint density at radius 2 is 1.77 bits per heavy atom. The summed E-state index contributed by atoms with van der Waals surface area (Å²) in [6, 6.07) is 0.261. The topological polar surface area (TPSA) is 55.4 Å². The van der Waals surface area contributed by atoms with Gasteiger partial charge in [0.25, 0.3) is 5.91 Å². The van der Waals surface area contributed by atoms with Gasteiger partial charge >= 0.3 is 5.97 Å². The van der Waals surface area contributed by atoms with Crippen molar-refractivity contribution < 1.29 is 14.3 Å². The molecule has 0 aromatic rings. The molecule has 0 aromatic carbocycles. The van der Waals surface area contributed by atoms with E-state index in [4.69, 9.17) is 4.74 Å². The second-order valence-electron chi connectivity index (χ2n) is 7.37. The monoisotopic (exact) mass is 305 g/mol. The van der Waals surface area contributed by atoms with Crippen molar-refractivity contribution in [2.75, 3.05) is 0 Å². The van der Waals surface area contributed by atoms with Crippen LogP contribution in [0.2, 0.25) is 0 Å². The van der Waals surface area contributed by atoms with Crippen LogP contribution in [0.3, 0.4) is 0 Å². The molecule has 0 unspecified atom stereocenters. The van der Waals surface area contributed by atoms with Crippen LogP contribution in [-0.4, -0.2) is 23.5 Å². The normalized spacial score (nSPS) is 33.2. The Hall–Kier alpha value is -1.32. The molecule has 22 heavy (non-hydrogen) atoms. The molecular weight excluding hydrogens is 278 g/mol. The molecule has 0 radical (unpaired) electrons. The van der Waals surface area contributed by atoms with Crippen molar-refractivity contribution in [2.45, 2.75) is 83.3 Å². The summed E-state index contributed by atoms with van der Waals surface area (Å²) in [5.74, 6) is 0.279. The summed E-state index contributed by atoms with van der Waals surface area (Å²) in [7, 11) is 0. The molecule has 1 aliphatic heterocycles. The van der Waals surface area contributed by atoms with Crippen LogP contribution in [0, 0.1) is 5.92 Å². The van der Waals surface area contributed by atoms with Crippen molar-refractivity contribution in [3.8, 4) is 0 Å². The zero-order valence-electron chi connectivity index (χ0n) is 13.7. The first-order valence-electron chi connectivity index (χ1n) is 8.77. The number of hydrogen-bond acceptors (Lipinski definition) is 3. The molecule has 2 saturated carbocycles. The van der Waals surface area contributed by atoms with E-state index in [1.165, 1.54) is 19.3 Å². The maximum absolute atomic E-state index is 12.8. The van der Waals surface area contributed by atoms with E-state index in [0.29, 0.717) is 17.1 Å².